The van der Waals surface area contributed by atoms with Gasteiger partial charge in [-0.2, -0.15) is 4.98 Å². The van der Waals surface area contributed by atoms with Crippen LogP contribution in [0.3, 0.4) is 0 Å². The first-order valence-corrected chi connectivity index (χ1v) is 9.31. The molecule has 0 aliphatic carbocycles. The van der Waals surface area contributed by atoms with Crippen LogP contribution < -0.4 is 5.32 Å². The highest BCUT2D eigenvalue weighted by Crippen LogP contribution is 2.35. The van der Waals surface area contributed by atoms with E-state index in [0.717, 1.165) is 16.8 Å². The molecule has 5 aromatic rings. The molecule has 2 aromatic carbocycles. The average Bonchev–Trinajstić information content (AvgIpc) is 3.19. The third-order valence-corrected chi connectivity index (χ3v) is 4.64. The minimum Gasteiger partial charge on any atom is -0.339 e. The van der Waals surface area contributed by atoms with Crippen LogP contribution in [0.4, 0.5) is 11.5 Å². The van der Waals surface area contributed by atoms with Gasteiger partial charge in [0.2, 0.25) is 0 Å². The second-order valence-electron chi connectivity index (χ2n) is 6.34. The number of fused-ring (bicyclic) bond motifs is 1. The molecule has 0 bridgehead atoms. The predicted octanol–water partition coefficient (Wildman–Crippen LogP) is 5.74. The molecule has 0 atom stereocenters. The van der Waals surface area contributed by atoms with Crippen LogP contribution in [0.5, 0.6) is 0 Å². The van der Waals surface area contributed by atoms with E-state index >= 15 is 0 Å². The Morgan fingerprint density at radius 3 is 2.41 bits per heavy atom. The molecular weight excluding hydrogens is 386 g/mol. The number of hydrogen-bond donors (Lipinski definition) is 1. The topological polar surface area (TPSA) is 76.7 Å². The summed E-state index contributed by atoms with van der Waals surface area (Å²) >= 11 is 6.15. The summed E-state index contributed by atoms with van der Waals surface area (Å²) in [5.74, 6) is 1.09. The van der Waals surface area contributed by atoms with Gasteiger partial charge < -0.3 is 9.84 Å². The van der Waals surface area contributed by atoms with E-state index in [0.29, 0.717) is 33.5 Å². The van der Waals surface area contributed by atoms with Gasteiger partial charge in [-0.1, -0.05) is 59.2 Å². The number of nitrogens with zero attached hydrogens (tertiary/aromatic N) is 4. The van der Waals surface area contributed by atoms with Gasteiger partial charge in [-0.15, -0.1) is 0 Å². The zero-order valence-corrected chi connectivity index (χ0v) is 15.8. The lowest BCUT2D eigenvalue weighted by atomic mass is 10.1. The molecular formula is C22H14ClN5O. The maximum atomic E-state index is 6.15. The zero-order chi connectivity index (χ0) is 19.6. The molecule has 0 radical (unpaired) electrons. The highest BCUT2D eigenvalue weighted by Gasteiger charge is 2.19. The van der Waals surface area contributed by atoms with Crippen molar-refractivity contribution >= 4 is 34.2 Å². The molecule has 3 heterocycles. The van der Waals surface area contributed by atoms with Crippen molar-refractivity contribution in [1.82, 2.24) is 20.1 Å². The lowest BCUT2D eigenvalue weighted by molar-refractivity contribution is 0.451. The van der Waals surface area contributed by atoms with Gasteiger partial charge in [0.25, 0.3) is 5.71 Å². The smallest absolute Gasteiger partial charge is 0.264 e. The van der Waals surface area contributed by atoms with Crippen LogP contribution in [0.2, 0.25) is 5.02 Å². The van der Waals surface area contributed by atoms with Crippen molar-refractivity contribution in [2.45, 2.75) is 0 Å². The summed E-state index contributed by atoms with van der Waals surface area (Å²) in [4.78, 5) is 13.4. The van der Waals surface area contributed by atoms with Gasteiger partial charge in [0.1, 0.15) is 16.9 Å². The van der Waals surface area contributed by atoms with E-state index in [9.17, 15) is 0 Å². The third kappa shape index (κ3) is 3.41. The second-order valence-corrected chi connectivity index (χ2v) is 6.78. The Kier molecular flexibility index (Phi) is 4.38. The lowest BCUT2D eigenvalue weighted by Crippen LogP contribution is -1.99. The summed E-state index contributed by atoms with van der Waals surface area (Å²) in [6, 6.07) is 20.9. The minimum atomic E-state index is 0.394. The van der Waals surface area contributed by atoms with Crippen molar-refractivity contribution in [3.05, 3.63) is 84.1 Å². The Labute approximate surface area is 171 Å². The molecule has 0 saturated carbocycles. The molecule has 0 saturated heterocycles. The largest absolute Gasteiger partial charge is 0.339 e. The molecule has 29 heavy (non-hydrogen) atoms. The van der Waals surface area contributed by atoms with Crippen LogP contribution in [0, 0.1) is 0 Å². The highest BCUT2D eigenvalue weighted by atomic mass is 35.5. The number of hydrogen-bond acceptors (Lipinski definition) is 6. The van der Waals surface area contributed by atoms with E-state index in [2.05, 4.69) is 20.4 Å². The van der Waals surface area contributed by atoms with Gasteiger partial charge in [-0.3, -0.25) is 4.98 Å². The molecule has 0 aliphatic rings. The van der Waals surface area contributed by atoms with E-state index < -0.39 is 0 Å². The van der Waals surface area contributed by atoms with E-state index in [4.69, 9.17) is 21.1 Å². The van der Waals surface area contributed by atoms with Crippen molar-refractivity contribution in [1.29, 1.82) is 0 Å². The Morgan fingerprint density at radius 2 is 1.62 bits per heavy atom. The summed E-state index contributed by atoms with van der Waals surface area (Å²) in [5.41, 5.74) is 3.62. The van der Waals surface area contributed by atoms with Crippen LogP contribution >= 0.6 is 11.6 Å². The maximum absolute atomic E-state index is 6.15. The van der Waals surface area contributed by atoms with Gasteiger partial charge in [-0.25, -0.2) is 4.98 Å². The van der Waals surface area contributed by atoms with Crippen molar-refractivity contribution < 1.29 is 4.52 Å². The molecule has 0 aliphatic heterocycles. The molecule has 1 N–H and O–H groups in total. The SMILES string of the molecule is Clc1cccc(-c2nc(Nc3ccncc3)c3c(-c4ccccc4)noc3n2)c1. The fourth-order valence-corrected chi connectivity index (χ4v) is 3.26. The van der Waals surface area contributed by atoms with Crippen molar-refractivity contribution in [2.24, 2.45) is 0 Å². The number of halogens is 1. The van der Waals surface area contributed by atoms with E-state index in [1.54, 1.807) is 12.4 Å². The molecule has 0 fully saturated rings. The molecule has 0 spiro atoms. The minimum absolute atomic E-state index is 0.394. The van der Waals surface area contributed by atoms with Crippen molar-refractivity contribution in [3.63, 3.8) is 0 Å². The fourth-order valence-electron chi connectivity index (χ4n) is 3.07. The molecule has 0 unspecified atom stereocenters. The summed E-state index contributed by atoms with van der Waals surface area (Å²) in [7, 11) is 0. The van der Waals surface area contributed by atoms with E-state index in [1.807, 2.05) is 66.7 Å². The van der Waals surface area contributed by atoms with Crippen molar-refractivity contribution in [2.75, 3.05) is 5.32 Å². The van der Waals surface area contributed by atoms with Gasteiger partial charge >= 0.3 is 0 Å². The molecule has 0 amide bonds. The number of anilines is 2. The second kappa shape index (κ2) is 7.33. The van der Waals surface area contributed by atoms with Gasteiger partial charge in [0.15, 0.2) is 5.82 Å². The zero-order valence-electron chi connectivity index (χ0n) is 15.1. The fraction of sp³-hybridized carbons (Fsp3) is 0. The van der Waals surface area contributed by atoms with Gasteiger partial charge in [-0.05, 0) is 24.3 Å². The number of nitrogens with one attached hydrogen (secondary N) is 1. The Morgan fingerprint density at radius 1 is 0.828 bits per heavy atom. The summed E-state index contributed by atoms with van der Waals surface area (Å²) in [5, 5.41) is 8.92. The third-order valence-electron chi connectivity index (χ3n) is 4.41. The number of benzene rings is 2. The maximum Gasteiger partial charge on any atom is 0.264 e. The summed E-state index contributed by atoms with van der Waals surface area (Å²) < 4.78 is 5.59. The van der Waals surface area contributed by atoms with Crippen LogP contribution in [-0.2, 0) is 0 Å². The first-order valence-electron chi connectivity index (χ1n) is 8.94. The van der Waals surface area contributed by atoms with Crippen LogP contribution in [-0.4, -0.2) is 20.1 Å². The van der Waals surface area contributed by atoms with E-state index in [1.165, 1.54) is 0 Å². The Hall–Kier alpha value is -3.77. The number of rotatable bonds is 4. The monoisotopic (exact) mass is 399 g/mol. The normalized spacial score (nSPS) is 10.9. The standard InChI is InChI=1S/C22H14ClN5O/c23-16-8-4-7-15(13-16)20-26-21(25-17-9-11-24-12-10-17)18-19(28-29-22(18)27-20)14-5-2-1-3-6-14/h1-13H,(H,24,25,26,27). The average molecular weight is 400 g/mol. The first-order chi connectivity index (χ1) is 14.3. The van der Waals surface area contributed by atoms with E-state index in [-0.39, 0.29) is 0 Å². The van der Waals surface area contributed by atoms with Crippen molar-refractivity contribution in [3.8, 4) is 22.6 Å². The molecule has 7 heteroatoms. The first kappa shape index (κ1) is 17.3. The Balaban J connectivity index is 1.73. The highest BCUT2D eigenvalue weighted by molar-refractivity contribution is 6.30. The summed E-state index contributed by atoms with van der Waals surface area (Å²) in [6.07, 6.45) is 3.43. The molecule has 6 nitrogen and oxygen atoms in total. The Bertz CT molecular complexity index is 1290. The predicted molar refractivity (Wildman–Crippen MR) is 113 cm³/mol. The van der Waals surface area contributed by atoms with Gasteiger partial charge in [0, 0.05) is 34.2 Å². The molecule has 5 rings (SSSR count). The number of aromatic nitrogens is 4. The quantitative estimate of drug-likeness (QED) is 0.415. The molecule has 3 aromatic heterocycles. The summed E-state index contributed by atoms with van der Waals surface area (Å²) in [6.45, 7) is 0. The van der Waals surface area contributed by atoms with Crippen LogP contribution in [0.15, 0.2) is 83.6 Å². The number of pyridine rings is 1. The molecule has 140 valence electrons. The lowest BCUT2D eigenvalue weighted by Gasteiger charge is -2.09. The van der Waals surface area contributed by atoms with Gasteiger partial charge in [0.05, 0.1) is 0 Å². The van der Waals surface area contributed by atoms with Crippen LogP contribution in [0.1, 0.15) is 0 Å². The van der Waals surface area contributed by atoms with Crippen LogP contribution in [0.25, 0.3) is 33.7 Å².